The van der Waals surface area contributed by atoms with Gasteiger partial charge < -0.3 is 18.9 Å². The molecule has 9 heteroatoms. The van der Waals surface area contributed by atoms with Crippen LogP contribution < -0.4 is 0 Å². The van der Waals surface area contributed by atoms with Crippen molar-refractivity contribution in [2.75, 3.05) is 6.79 Å². The van der Waals surface area contributed by atoms with Crippen LogP contribution in [0.2, 0.25) is 0 Å². The van der Waals surface area contributed by atoms with Crippen LogP contribution in [0.1, 0.15) is 29.9 Å². The van der Waals surface area contributed by atoms with E-state index in [4.69, 9.17) is 14.0 Å². The van der Waals surface area contributed by atoms with Gasteiger partial charge in [-0.05, 0) is 25.3 Å². The Morgan fingerprint density at radius 2 is 1.69 bits per heavy atom. The molecular formula is C26H26N4O5. The average molecular weight is 475 g/mol. The molecule has 2 aromatic carbocycles. The summed E-state index contributed by atoms with van der Waals surface area (Å²) in [6.45, 7) is 2.58. The number of fused-ring (bicyclic) bond motifs is 2. The van der Waals surface area contributed by atoms with Gasteiger partial charge in [-0.25, -0.2) is 4.79 Å². The number of hydrogen-bond acceptors (Lipinski definition) is 7. The maximum absolute atomic E-state index is 13.7. The Morgan fingerprint density at radius 3 is 2.46 bits per heavy atom. The topological polar surface area (TPSA) is 98.0 Å². The Balaban J connectivity index is 1.29. The second-order valence-corrected chi connectivity index (χ2v) is 9.37. The summed E-state index contributed by atoms with van der Waals surface area (Å²) in [5.41, 5.74) is 2.96. The van der Waals surface area contributed by atoms with Crippen molar-refractivity contribution in [3.05, 3.63) is 71.6 Å². The fourth-order valence-electron chi connectivity index (χ4n) is 5.26. The van der Waals surface area contributed by atoms with Gasteiger partial charge in [-0.3, -0.25) is 9.69 Å². The van der Waals surface area contributed by atoms with E-state index >= 15 is 0 Å². The SMILES string of the molecule is Cc1ccc(CN2C(=O)N(Cc3nc(-c4ccccc4)no3)C(=O)C3CC4OCOC4CC32)cc1. The normalized spacial score (nSPS) is 26.1. The van der Waals surface area contributed by atoms with Crippen LogP contribution in [-0.4, -0.2) is 56.9 Å². The van der Waals surface area contributed by atoms with Gasteiger partial charge in [0.05, 0.1) is 18.1 Å². The first-order valence-electron chi connectivity index (χ1n) is 11.9. The molecule has 35 heavy (non-hydrogen) atoms. The highest BCUT2D eigenvalue weighted by atomic mass is 16.7. The van der Waals surface area contributed by atoms with Gasteiger partial charge in [0.15, 0.2) is 0 Å². The van der Waals surface area contributed by atoms with E-state index in [9.17, 15) is 9.59 Å². The van der Waals surface area contributed by atoms with E-state index in [0.717, 1.165) is 16.7 Å². The van der Waals surface area contributed by atoms with Crippen molar-refractivity contribution >= 4 is 11.9 Å². The molecule has 9 nitrogen and oxygen atoms in total. The molecule has 180 valence electrons. The third-order valence-electron chi connectivity index (χ3n) is 7.13. The first kappa shape index (κ1) is 21.9. The summed E-state index contributed by atoms with van der Waals surface area (Å²) >= 11 is 0. The predicted molar refractivity (Wildman–Crippen MR) is 124 cm³/mol. The Morgan fingerprint density at radius 1 is 0.943 bits per heavy atom. The summed E-state index contributed by atoms with van der Waals surface area (Å²) in [5, 5.41) is 4.04. The van der Waals surface area contributed by atoms with E-state index in [2.05, 4.69) is 10.1 Å². The lowest BCUT2D eigenvalue weighted by atomic mass is 9.78. The number of ether oxygens (including phenoxy) is 2. The Labute approximate surface area is 202 Å². The van der Waals surface area contributed by atoms with Gasteiger partial charge in [-0.2, -0.15) is 4.98 Å². The molecule has 6 rings (SSSR count). The van der Waals surface area contributed by atoms with Crippen molar-refractivity contribution in [2.24, 2.45) is 5.92 Å². The molecule has 4 atom stereocenters. The third-order valence-corrected chi connectivity index (χ3v) is 7.13. The molecule has 2 aliphatic heterocycles. The summed E-state index contributed by atoms with van der Waals surface area (Å²) in [6, 6.07) is 16.9. The summed E-state index contributed by atoms with van der Waals surface area (Å²) in [7, 11) is 0. The summed E-state index contributed by atoms with van der Waals surface area (Å²) < 4.78 is 16.9. The Hall–Kier alpha value is -3.56. The molecule has 1 aromatic heterocycles. The molecule has 0 N–H and O–H groups in total. The monoisotopic (exact) mass is 474 g/mol. The number of urea groups is 1. The second-order valence-electron chi connectivity index (χ2n) is 9.37. The van der Waals surface area contributed by atoms with Crippen LogP contribution >= 0.6 is 0 Å². The molecule has 2 saturated heterocycles. The van der Waals surface area contributed by atoms with Crippen LogP contribution in [0.5, 0.6) is 0 Å². The van der Waals surface area contributed by atoms with E-state index in [-0.39, 0.29) is 55.3 Å². The molecule has 3 aromatic rings. The lowest BCUT2D eigenvalue weighted by Gasteiger charge is -2.48. The minimum absolute atomic E-state index is 0.0728. The van der Waals surface area contributed by atoms with Crippen LogP contribution in [0, 0.1) is 12.8 Å². The molecule has 3 heterocycles. The first-order chi connectivity index (χ1) is 17.1. The number of benzene rings is 2. The van der Waals surface area contributed by atoms with Crippen LogP contribution in [0.25, 0.3) is 11.4 Å². The van der Waals surface area contributed by atoms with E-state index in [1.165, 1.54) is 4.90 Å². The van der Waals surface area contributed by atoms with Gasteiger partial charge >= 0.3 is 6.03 Å². The maximum Gasteiger partial charge on any atom is 0.327 e. The molecule has 0 spiro atoms. The molecule has 4 unspecified atom stereocenters. The zero-order chi connectivity index (χ0) is 23.9. The largest absolute Gasteiger partial charge is 0.349 e. The molecule has 1 aliphatic carbocycles. The van der Waals surface area contributed by atoms with E-state index in [0.29, 0.717) is 25.2 Å². The number of rotatable bonds is 5. The fraction of sp³-hybridized carbons (Fsp3) is 0.385. The first-order valence-corrected chi connectivity index (χ1v) is 11.9. The summed E-state index contributed by atoms with van der Waals surface area (Å²) in [4.78, 5) is 34.8. The van der Waals surface area contributed by atoms with Crippen molar-refractivity contribution in [2.45, 2.75) is 51.1 Å². The quantitative estimate of drug-likeness (QED) is 0.558. The van der Waals surface area contributed by atoms with Gasteiger partial charge in [0.2, 0.25) is 17.6 Å². The Kier molecular flexibility index (Phi) is 5.58. The highest BCUT2D eigenvalue weighted by molar-refractivity contribution is 5.98. The predicted octanol–water partition coefficient (Wildman–Crippen LogP) is 3.53. The molecule has 0 radical (unpaired) electrons. The van der Waals surface area contributed by atoms with Gasteiger partial charge in [-0.1, -0.05) is 65.3 Å². The lowest BCUT2D eigenvalue weighted by Crippen LogP contribution is -2.64. The molecule has 3 amide bonds. The standard InChI is InChI=1S/C26H26N4O5/c1-16-7-9-17(10-8-16)13-29-20-12-22-21(33-15-34-22)11-19(20)25(31)30(26(29)32)14-23-27-24(28-35-23)18-5-3-2-4-6-18/h2-10,19-22H,11-15H2,1H3. The van der Waals surface area contributed by atoms with Gasteiger partial charge in [0, 0.05) is 18.2 Å². The van der Waals surface area contributed by atoms with Crippen molar-refractivity contribution in [3.63, 3.8) is 0 Å². The highest BCUT2D eigenvalue weighted by Crippen LogP contribution is 2.40. The molecule has 3 aliphatic rings. The summed E-state index contributed by atoms with van der Waals surface area (Å²) in [5.74, 6) is 0.0310. The van der Waals surface area contributed by atoms with E-state index in [1.807, 2.05) is 61.5 Å². The van der Waals surface area contributed by atoms with Crippen LogP contribution in [0.4, 0.5) is 4.79 Å². The maximum atomic E-state index is 13.7. The van der Waals surface area contributed by atoms with Gasteiger partial charge in [-0.15, -0.1) is 0 Å². The van der Waals surface area contributed by atoms with Crippen LogP contribution in [-0.2, 0) is 27.4 Å². The number of hydrogen-bond donors (Lipinski definition) is 0. The van der Waals surface area contributed by atoms with E-state index < -0.39 is 0 Å². The molecule has 3 fully saturated rings. The van der Waals surface area contributed by atoms with Crippen molar-refractivity contribution in [1.29, 1.82) is 0 Å². The summed E-state index contributed by atoms with van der Waals surface area (Å²) in [6.07, 6.45) is 0.852. The molecular weight excluding hydrogens is 448 g/mol. The minimum atomic E-state index is -0.377. The van der Waals surface area contributed by atoms with Gasteiger partial charge in [0.25, 0.3) is 0 Å². The highest BCUT2D eigenvalue weighted by Gasteiger charge is 2.53. The van der Waals surface area contributed by atoms with Crippen molar-refractivity contribution in [3.8, 4) is 11.4 Å². The number of carbonyl (C=O) groups is 2. The van der Waals surface area contributed by atoms with Crippen molar-refractivity contribution in [1.82, 2.24) is 19.9 Å². The van der Waals surface area contributed by atoms with Crippen LogP contribution in [0.15, 0.2) is 59.1 Å². The number of amides is 3. The zero-order valence-corrected chi connectivity index (χ0v) is 19.4. The van der Waals surface area contributed by atoms with Crippen molar-refractivity contribution < 1.29 is 23.6 Å². The number of carbonyl (C=O) groups excluding carboxylic acids is 2. The molecule has 0 bridgehead atoms. The number of aromatic nitrogens is 2. The zero-order valence-electron chi connectivity index (χ0n) is 19.4. The van der Waals surface area contributed by atoms with Gasteiger partial charge in [0.1, 0.15) is 13.3 Å². The second kappa shape index (κ2) is 8.90. The smallest absolute Gasteiger partial charge is 0.327 e. The van der Waals surface area contributed by atoms with E-state index in [1.54, 1.807) is 4.90 Å². The molecule has 1 saturated carbocycles. The number of aryl methyl sites for hydroxylation is 1. The fourth-order valence-corrected chi connectivity index (χ4v) is 5.26. The number of imide groups is 1. The lowest BCUT2D eigenvalue weighted by molar-refractivity contribution is -0.145. The Bertz CT molecular complexity index is 1230. The number of nitrogens with zero attached hydrogens (tertiary/aromatic N) is 4. The minimum Gasteiger partial charge on any atom is -0.349 e. The van der Waals surface area contributed by atoms with Crippen LogP contribution in [0.3, 0.4) is 0 Å². The average Bonchev–Trinajstić information content (AvgIpc) is 3.54. The third kappa shape index (κ3) is 4.11.